The first kappa shape index (κ1) is 14.4. The molecular formula is C12H12F3NO4. The van der Waals surface area contributed by atoms with Gasteiger partial charge in [0.05, 0.1) is 26.4 Å². The molecule has 0 saturated heterocycles. The van der Waals surface area contributed by atoms with E-state index in [-0.39, 0.29) is 5.71 Å². The lowest BCUT2D eigenvalue weighted by atomic mass is 10.0. The Morgan fingerprint density at radius 1 is 1.25 bits per heavy atom. The second kappa shape index (κ2) is 4.86. The molecule has 0 aliphatic carbocycles. The summed E-state index contributed by atoms with van der Waals surface area (Å²) >= 11 is 0. The predicted octanol–water partition coefficient (Wildman–Crippen LogP) is 2.08. The minimum atomic E-state index is -4.92. The van der Waals surface area contributed by atoms with Crippen molar-refractivity contribution >= 4 is 5.71 Å². The average molecular weight is 291 g/mol. The minimum Gasteiger partial charge on any atom is -0.493 e. The van der Waals surface area contributed by atoms with Gasteiger partial charge in [-0.2, -0.15) is 13.2 Å². The molecule has 0 amide bonds. The zero-order valence-corrected chi connectivity index (χ0v) is 10.7. The number of rotatable bonds is 3. The number of aliphatic hydroxyl groups is 1. The van der Waals surface area contributed by atoms with Crippen molar-refractivity contribution in [3.05, 3.63) is 23.8 Å². The molecule has 1 N–H and O–H groups in total. The van der Waals surface area contributed by atoms with E-state index >= 15 is 0 Å². The lowest BCUT2D eigenvalue weighted by Gasteiger charge is -2.22. The molecule has 0 radical (unpaired) electrons. The predicted molar refractivity (Wildman–Crippen MR) is 62.8 cm³/mol. The van der Waals surface area contributed by atoms with Gasteiger partial charge in [0, 0.05) is 5.56 Å². The summed E-state index contributed by atoms with van der Waals surface area (Å²) in [6, 6.07) is 4.50. The molecule has 110 valence electrons. The van der Waals surface area contributed by atoms with Crippen LogP contribution in [0.2, 0.25) is 0 Å². The van der Waals surface area contributed by atoms with Crippen molar-refractivity contribution in [2.45, 2.75) is 18.4 Å². The summed E-state index contributed by atoms with van der Waals surface area (Å²) in [5.74, 6) is -2.51. The van der Waals surface area contributed by atoms with Crippen LogP contribution >= 0.6 is 0 Å². The zero-order valence-electron chi connectivity index (χ0n) is 10.7. The van der Waals surface area contributed by atoms with Gasteiger partial charge in [-0.15, -0.1) is 0 Å². The maximum Gasteiger partial charge on any atom is 0.458 e. The minimum absolute atomic E-state index is 0.0224. The first-order valence-corrected chi connectivity index (χ1v) is 5.57. The van der Waals surface area contributed by atoms with Crippen molar-refractivity contribution in [2.24, 2.45) is 5.16 Å². The Labute approximate surface area is 112 Å². The average Bonchev–Trinajstić information content (AvgIpc) is 2.81. The van der Waals surface area contributed by atoms with Crippen LogP contribution in [-0.2, 0) is 4.84 Å². The highest BCUT2D eigenvalue weighted by Gasteiger charge is 2.60. The maximum absolute atomic E-state index is 12.6. The van der Waals surface area contributed by atoms with Crippen LogP contribution in [0.3, 0.4) is 0 Å². The van der Waals surface area contributed by atoms with E-state index in [1.54, 1.807) is 0 Å². The molecular weight excluding hydrogens is 279 g/mol. The number of hydrogen-bond donors (Lipinski definition) is 1. The van der Waals surface area contributed by atoms with Crippen LogP contribution in [0.1, 0.15) is 12.0 Å². The Balaban J connectivity index is 2.27. The first-order valence-electron chi connectivity index (χ1n) is 5.57. The van der Waals surface area contributed by atoms with Crippen LogP contribution in [0.25, 0.3) is 0 Å². The Bertz CT molecular complexity index is 544. The SMILES string of the molecule is COc1ccc(C2=NO[C@@](O)(C(F)(F)F)C2)cc1OC. The lowest BCUT2D eigenvalue weighted by Crippen LogP contribution is -2.45. The summed E-state index contributed by atoms with van der Waals surface area (Å²) in [6.45, 7) is 0. The molecule has 2 rings (SSSR count). The van der Waals surface area contributed by atoms with Crippen LogP contribution in [0.5, 0.6) is 11.5 Å². The van der Waals surface area contributed by atoms with E-state index in [1.807, 2.05) is 0 Å². The maximum atomic E-state index is 12.6. The largest absolute Gasteiger partial charge is 0.493 e. The molecule has 1 atom stereocenters. The summed E-state index contributed by atoms with van der Waals surface area (Å²) in [7, 11) is 2.84. The number of nitrogens with zero attached hydrogens (tertiary/aromatic N) is 1. The van der Waals surface area contributed by atoms with Crippen LogP contribution in [-0.4, -0.2) is 37.0 Å². The van der Waals surface area contributed by atoms with Crippen LogP contribution < -0.4 is 9.47 Å². The van der Waals surface area contributed by atoms with Crippen molar-refractivity contribution in [1.82, 2.24) is 0 Å². The van der Waals surface area contributed by atoms with Crippen LogP contribution in [0.4, 0.5) is 13.2 Å². The molecule has 5 nitrogen and oxygen atoms in total. The Hall–Kier alpha value is -1.96. The van der Waals surface area contributed by atoms with Gasteiger partial charge in [-0.1, -0.05) is 5.16 Å². The van der Waals surface area contributed by atoms with Crippen molar-refractivity contribution in [1.29, 1.82) is 0 Å². The van der Waals surface area contributed by atoms with Gasteiger partial charge in [-0.3, -0.25) is 0 Å². The summed E-state index contributed by atoms with van der Waals surface area (Å²) in [5, 5.41) is 12.7. The van der Waals surface area contributed by atoms with E-state index in [4.69, 9.17) is 9.47 Å². The molecule has 0 spiro atoms. The van der Waals surface area contributed by atoms with Crippen molar-refractivity contribution in [3.63, 3.8) is 0 Å². The highest BCUT2D eigenvalue weighted by Crippen LogP contribution is 2.39. The number of benzene rings is 1. The van der Waals surface area contributed by atoms with E-state index in [2.05, 4.69) is 9.99 Å². The number of halogens is 3. The van der Waals surface area contributed by atoms with Crippen LogP contribution in [0.15, 0.2) is 23.4 Å². The zero-order chi connectivity index (χ0) is 15.0. The van der Waals surface area contributed by atoms with E-state index in [0.717, 1.165) is 0 Å². The molecule has 0 unspecified atom stereocenters. The number of methoxy groups -OCH3 is 2. The molecule has 20 heavy (non-hydrogen) atoms. The smallest absolute Gasteiger partial charge is 0.458 e. The quantitative estimate of drug-likeness (QED) is 0.926. The number of oxime groups is 1. The van der Waals surface area contributed by atoms with Gasteiger partial charge in [0.25, 0.3) is 0 Å². The van der Waals surface area contributed by atoms with Crippen molar-refractivity contribution in [2.75, 3.05) is 14.2 Å². The van der Waals surface area contributed by atoms with E-state index in [9.17, 15) is 18.3 Å². The third-order valence-electron chi connectivity index (χ3n) is 2.87. The van der Waals surface area contributed by atoms with Gasteiger partial charge >= 0.3 is 12.0 Å². The standard InChI is InChI=1S/C12H12F3NO4/c1-18-9-4-3-7(5-10(9)19-2)8-6-11(17,20-16-8)12(13,14)15/h3-5,17H,6H2,1-2H3/t11-/m1/s1. The molecule has 1 heterocycles. The number of hydrogen-bond acceptors (Lipinski definition) is 5. The van der Waals surface area contributed by atoms with E-state index in [1.165, 1.54) is 32.4 Å². The molecule has 1 aromatic carbocycles. The molecule has 0 saturated carbocycles. The summed E-state index contributed by atoms with van der Waals surface area (Å²) in [6.07, 6.45) is -5.71. The fourth-order valence-corrected chi connectivity index (χ4v) is 1.74. The van der Waals surface area contributed by atoms with Gasteiger partial charge in [-0.25, -0.2) is 0 Å². The number of alkyl halides is 3. The molecule has 1 aliphatic rings. The Morgan fingerprint density at radius 2 is 1.90 bits per heavy atom. The molecule has 0 bridgehead atoms. The fourth-order valence-electron chi connectivity index (χ4n) is 1.74. The monoisotopic (exact) mass is 291 g/mol. The molecule has 1 aromatic rings. The van der Waals surface area contributed by atoms with E-state index < -0.39 is 18.4 Å². The fraction of sp³-hybridized carbons (Fsp3) is 0.417. The molecule has 1 aliphatic heterocycles. The highest BCUT2D eigenvalue weighted by molar-refractivity contribution is 6.02. The van der Waals surface area contributed by atoms with Gasteiger partial charge < -0.3 is 19.4 Å². The summed E-state index contributed by atoms with van der Waals surface area (Å²) in [4.78, 5) is 4.15. The van der Waals surface area contributed by atoms with E-state index in [0.29, 0.717) is 17.1 Å². The van der Waals surface area contributed by atoms with Gasteiger partial charge in [0.2, 0.25) is 0 Å². The lowest BCUT2D eigenvalue weighted by molar-refractivity contribution is -0.355. The first-order chi connectivity index (χ1) is 9.30. The van der Waals surface area contributed by atoms with Gasteiger partial charge in [0.1, 0.15) is 0 Å². The Kier molecular flexibility index (Phi) is 3.51. The third-order valence-corrected chi connectivity index (χ3v) is 2.87. The topological polar surface area (TPSA) is 60.3 Å². The second-order valence-electron chi connectivity index (χ2n) is 4.16. The molecule has 0 aromatic heterocycles. The summed E-state index contributed by atoms with van der Waals surface area (Å²) < 4.78 is 47.9. The van der Waals surface area contributed by atoms with Crippen molar-refractivity contribution in [3.8, 4) is 11.5 Å². The molecule has 0 fully saturated rings. The Morgan fingerprint density at radius 3 is 2.40 bits per heavy atom. The summed E-state index contributed by atoms with van der Waals surface area (Å²) in [5.41, 5.74) is 0.327. The van der Waals surface area contributed by atoms with Gasteiger partial charge in [0.15, 0.2) is 11.5 Å². The normalized spacial score (nSPS) is 22.2. The van der Waals surface area contributed by atoms with Crippen LogP contribution in [0, 0.1) is 0 Å². The second-order valence-corrected chi connectivity index (χ2v) is 4.16. The van der Waals surface area contributed by atoms with Crippen molar-refractivity contribution < 1.29 is 32.6 Å². The third kappa shape index (κ3) is 2.38. The highest BCUT2D eigenvalue weighted by atomic mass is 19.4. The number of ether oxygens (including phenoxy) is 2. The molecule has 8 heteroatoms. The van der Waals surface area contributed by atoms with Gasteiger partial charge in [-0.05, 0) is 18.2 Å².